The number of benzene rings is 1. The zero-order valence-corrected chi connectivity index (χ0v) is 14.1. The number of ether oxygens (including phenoxy) is 1. The van der Waals surface area contributed by atoms with E-state index in [9.17, 15) is 14.0 Å². The lowest BCUT2D eigenvalue weighted by molar-refractivity contribution is -0.168. The van der Waals surface area contributed by atoms with Crippen LogP contribution in [0.2, 0.25) is 0 Å². The fraction of sp³-hybridized carbons (Fsp3) is 0.556. The first-order valence-electron chi connectivity index (χ1n) is 8.39. The Bertz CT molecular complexity index is 619. The van der Waals surface area contributed by atoms with Gasteiger partial charge >= 0.3 is 0 Å². The number of piperidine rings is 1. The number of hydrogen-bond donors (Lipinski definition) is 0. The molecule has 6 heteroatoms. The van der Waals surface area contributed by atoms with Gasteiger partial charge in [0.05, 0.1) is 6.04 Å². The third kappa shape index (κ3) is 3.29. The fourth-order valence-corrected chi connectivity index (χ4v) is 3.55. The van der Waals surface area contributed by atoms with Crippen molar-refractivity contribution in [1.82, 2.24) is 9.80 Å². The molecule has 24 heavy (non-hydrogen) atoms. The highest BCUT2D eigenvalue weighted by atomic mass is 19.1. The van der Waals surface area contributed by atoms with Gasteiger partial charge in [0.2, 0.25) is 5.91 Å². The Morgan fingerprint density at radius 1 is 1.29 bits per heavy atom. The van der Waals surface area contributed by atoms with Crippen molar-refractivity contribution < 1.29 is 18.7 Å². The molecule has 3 rings (SSSR count). The minimum absolute atomic E-state index is 0.0878. The molecule has 0 N–H and O–H groups in total. The van der Waals surface area contributed by atoms with Gasteiger partial charge in [-0.3, -0.25) is 9.59 Å². The molecule has 0 radical (unpaired) electrons. The molecule has 0 aromatic heterocycles. The van der Waals surface area contributed by atoms with Crippen LogP contribution < -0.4 is 0 Å². The molecule has 5 nitrogen and oxygen atoms in total. The first kappa shape index (κ1) is 16.9. The Morgan fingerprint density at radius 3 is 2.67 bits per heavy atom. The number of nitrogens with zero attached hydrogens (tertiary/aromatic N) is 2. The number of hydrogen-bond acceptors (Lipinski definition) is 3. The number of carbonyl (C=O) groups is 2. The largest absolute Gasteiger partial charge is 0.356 e. The molecule has 2 aliphatic heterocycles. The molecule has 0 bridgehead atoms. The molecule has 1 aromatic rings. The number of rotatable bonds is 2. The molecule has 2 fully saturated rings. The maximum atomic E-state index is 13.2. The minimum atomic E-state index is -0.747. The summed E-state index contributed by atoms with van der Waals surface area (Å²) in [5.74, 6) is -0.150. The maximum absolute atomic E-state index is 13.2. The lowest BCUT2D eigenvalue weighted by Crippen LogP contribution is -2.55. The molecule has 0 saturated carbocycles. The standard InChI is InChI=1S/C18H23FN2O3/c1-12-4-3-9-21(10-12)18(23)17-16(20(2)15(22)11-24-17)13-5-7-14(19)8-6-13/h5-8,12,16-17H,3-4,9-11H2,1-2H3. The summed E-state index contributed by atoms with van der Waals surface area (Å²) in [4.78, 5) is 28.4. The summed E-state index contributed by atoms with van der Waals surface area (Å²) in [6.07, 6.45) is 1.36. The van der Waals surface area contributed by atoms with Crippen molar-refractivity contribution in [2.45, 2.75) is 31.9 Å². The van der Waals surface area contributed by atoms with Gasteiger partial charge < -0.3 is 14.5 Å². The van der Waals surface area contributed by atoms with Crippen molar-refractivity contribution in [3.63, 3.8) is 0 Å². The Kier molecular flexibility index (Phi) is 4.85. The molecule has 0 spiro atoms. The molecule has 1 aromatic carbocycles. The van der Waals surface area contributed by atoms with Crippen LogP contribution >= 0.6 is 0 Å². The van der Waals surface area contributed by atoms with Crippen LogP contribution in [-0.2, 0) is 14.3 Å². The smallest absolute Gasteiger partial charge is 0.254 e. The highest BCUT2D eigenvalue weighted by molar-refractivity contribution is 5.86. The lowest BCUT2D eigenvalue weighted by Gasteiger charge is -2.41. The van der Waals surface area contributed by atoms with Gasteiger partial charge in [-0.1, -0.05) is 19.1 Å². The van der Waals surface area contributed by atoms with Gasteiger partial charge in [0.25, 0.3) is 5.91 Å². The average molecular weight is 334 g/mol. The second-order valence-electron chi connectivity index (χ2n) is 6.76. The first-order valence-corrected chi connectivity index (χ1v) is 8.39. The van der Waals surface area contributed by atoms with Crippen molar-refractivity contribution >= 4 is 11.8 Å². The minimum Gasteiger partial charge on any atom is -0.356 e. The van der Waals surface area contributed by atoms with Gasteiger partial charge in [-0.15, -0.1) is 0 Å². The van der Waals surface area contributed by atoms with E-state index in [1.54, 1.807) is 19.2 Å². The van der Waals surface area contributed by atoms with E-state index < -0.39 is 12.1 Å². The Morgan fingerprint density at radius 2 is 2.00 bits per heavy atom. The summed E-state index contributed by atoms with van der Waals surface area (Å²) in [5.41, 5.74) is 0.704. The Labute approximate surface area is 141 Å². The third-order valence-corrected chi connectivity index (χ3v) is 4.91. The highest BCUT2D eigenvalue weighted by Crippen LogP contribution is 2.31. The molecule has 2 saturated heterocycles. The number of morpholine rings is 1. The van der Waals surface area contributed by atoms with E-state index in [-0.39, 0.29) is 24.2 Å². The van der Waals surface area contributed by atoms with Crippen molar-refractivity contribution in [2.24, 2.45) is 5.92 Å². The molecule has 130 valence electrons. The highest BCUT2D eigenvalue weighted by Gasteiger charge is 2.42. The van der Waals surface area contributed by atoms with E-state index in [0.717, 1.165) is 19.4 Å². The molecular formula is C18H23FN2O3. The van der Waals surface area contributed by atoms with E-state index in [2.05, 4.69) is 6.92 Å². The van der Waals surface area contributed by atoms with Gasteiger partial charge in [0, 0.05) is 20.1 Å². The number of amides is 2. The van der Waals surface area contributed by atoms with Crippen LogP contribution in [0.3, 0.4) is 0 Å². The van der Waals surface area contributed by atoms with Crippen LogP contribution in [-0.4, -0.2) is 54.5 Å². The number of likely N-dealkylation sites (N-methyl/N-ethyl adjacent to an activating group) is 1. The molecule has 2 amide bonds. The van der Waals surface area contributed by atoms with Crippen molar-refractivity contribution in [2.75, 3.05) is 26.7 Å². The predicted octanol–water partition coefficient (Wildman–Crippen LogP) is 1.98. The molecule has 0 aliphatic carbocycles. The maximum Gasteiger partial charge on any atom is 0.254 e. The molecule has 3 unspecified atom stereocenters. The summed E-state index contributed by atoms with van der Waals surface area (Å²) in [6.45, 7) is 3.46. The molecule has 2 heterocycles. The van der Waals surface area contributed by atoms with Crippen molar-refractivity contribution in [1.29, 1.82) is 0 Å². The summed E-state index contributed by atoms with van der Waals surface area (Å²) in [5, 5.41) is 0. The predicted molar refractivity (Wildman–Crippen MR) is 86.6 cm³/mol. The van der Waals surface area contributed by atoms with E-state index in [1.165, 1.54) is 17.0 Å². The van der Waals surface area contributed by atoms with E-state index >= 15 is 0 Å². The summed E-state index contributed by atoms with van der Waals surface area (Å²) >= 11 is 0. The second kappa shape index (κ2) is 6.89. The lowest BCUT2D eigenvalue weighted by atomic mass is 9.95. The van der Waals surface area contributed by atoms with Gasteiger partial charge in [0.15, 0.2) is 6.10 Å². The van der Waals surface area contributed by atoms with Gasteiger partial charge in [-0.25, -0.2) is 4.39 Å². The van der Waals surface area contributed by atoms with Crippen LogP contribution in [0.15, 0.2) is 24.3 Å². The summed E-state index contributed by atoms with van der Waals surface area (Å²) in [7, 11) is 1.66. The van der Waals surface area contributed by atoms with Crippen molar-refractivity contribution in [3.05, 3.63) is 35.6 Å². The summed E-state index contributed by atoms with van der Waals surface area (Å²) in [6, 6.07) is 5.37. The monoisotopic (exact) mass is 334 g/mol. The Hall–Kier alpha value is -1.95. The Balaban J connectivity index is 1.87. The van der Waals surface area contributed by atoms with Crippen LogP contribution in [0, 0.1) is 11.7 Å². The zero-order valence-electron chi connectivity index (χ0n) is 14.1. The van der Waals surface area contributed by atoms with Gasteiger partial charge in [-0.2, -0.15) is 0 Å². The fourth-order valence-electron chi connectivity index (χ4n) is 3.55. The molecule has 2 aliphatic rings. The van der Waals surface area contributed by atoms with Crippen molar-refractivity contribution in [3.8, 4) is 0 Å². The number of halogens is 1. The normalized spacial score (nSPS) is 28.1. The van der Waals surface area contributed by atoms with Crippen LogP contribution in [0.5, 0.6) is 0 Å². The van der Waals surface area contributed by atoms with Crippen LogP contribution in [0.4, 0.5) is 4.39 Å². The van der Waals surface area contributed by atoms with E-state index in [1.807, 2.05) is 4.90 Å². The van der Waals surface area contributed by atoms with Crippen LogP contribution in [0.25, 0.3) is 0 Å². The molecular weight excluding hydrogens is 311 g/mol. The number of carbonyl (C=O) groups excluding carboxylic acids is 2. The first-order chi connectivity index (χ1) is 11.5. The second-order valence-corrected chi connectivity index (χ2v) is 6.76. The third-order valence-electron chi connectivity index (χ3n) is 4.91. The number of likely N-dealkylation sites (tertiary alicyclic amines) is 1. The topological polar surface area (TPSA) is 49.9 Å². The zero-order chi connectivity index (χ0) is 17.3. The average Bonchev–Trinajstić information content (AvgIpc) is 2.57. The van der Waals surface area contributed by atoms with Gasteiger partial charge in [-0.05, 0) is 36.5 Å². The van der Waals surface area contributed by atoms with E-state index in [0.29, 0.717) is 18.0 Å². The van der Waals surface area contributed by atoms with E-state index in [4.69, 9.17) is 4.74 Å². The van der Waals surface area contributed by atoms with Crippen LogP contribution in [0.1, 0.15) is 31.4 Å². The quantitative estimate of drug-likeness (QED) is 0.831. The molecule has 3 atom stereocenters. The SMILES string of the molecule is CC1CCCN(C(=O)C2OCC(=O)N(C)C2c2ccc(F)cc2)C1. The summed E-state index contributed by atoms with van der Waals surface area (Å²) < 4.78 is 18.9. The van der Waals surface area contributed by atoms with Gasteiger partial charge in [0.1, 0.15) is 12.4 Å².